The van der Waals surface area contributed by atoms with Gasteiger partial charge < -0.3 is 0 Å². The molecule has 0 saturated carbocycles. The summed E-state index contributed by atoms with van der Waals surface area (Å²) in [6.45, 7) is 2.47. The van der Waals surface area contributed by atoms with Gasteiger partial charge in [-0.1, -0.05) is 42.9 Å². The van der Waals surface area contributed by atoms with Crippen LogP contribution in [0.1, 0.15) is 5.56 Å². The minimum absolute atomic E-state index is 0.201. The third kappa shape index (κ3) is 3.53. The first kappa shape index (κ1) is 8.75. The van der Waals surface area contributed by atoms with Gasteiger partial charge in [0.25, 0.3) is 0 Å². The summed E-state index contributed by atoms with van der Waals surface area (Å²) in [6, 6.07) is 12.3. The smallest absolute Gasteiger partial charge is 0.0175 e. The lowest BCUT2D eigenvalue weighted by Gasteiger charge is -2.02. The fourth-order valence-electron chi connectivity index (χ4n) is 1.10. The second kappa shape index (κ2) is 4.52. The molecule has 0 aliphatic rings. The van der Waals surface area contributed by atoms with Gasteiger partial charge in [0.05, 0.1) is 0 Å². The zero-order valence-corrected chi connectivity index (χ0v) is 10.5. The first-order valence-corrected chi connectivity index (χ1v) is 10.9. The highest BCUT2D eigenvalue weighted by molar-refractivity contribution is 7.02. The number of hydrogen-bond donors (Lipinski definition) is 0. The Kier molecular flexibility index (Phi) is 3.59. The second-order valence-electron chi connectivity index (χ2n) is 3.42. The maximum atomic E-state index is 2.47. The van der Waals surface area contributed by atoms with Crippen molar-refractivity contribution in [2.45, 2.75) is 19.0 Å². The maximum absolute atomic E-state index is 2.47. The van der Waals surface area contributed by atoms with E-state index < -0.39 is 0 Å². The summed E-state index contributed by atoms with van der Waals surface area (Å²) >= 11 is 0. The van der Waals surface area contributed by atoms with Gasteiger partial charge in [0.1, 0.15) is 0 Å². The summed E-state index contributed by atoms with van der Waals surface area (Å²) in [7, 11) is 1.27. The van der Waals surface area contributed by atoms with Gasteiger partial charge in [0.15, 0.2) is 0 Å². The lowest BCUT2D eigenvalue weighted by molar-refractivity contribution is 1.12. The molecule has 0 aliphatic heterocycles. The molecule has 0 fully saturated rings. The number of rotatable bonds is 3. The molecule has 1 rings (SSSR count). The monoisotopic (exact) mass is 180 g/mol. The summed E-state index contributed by atoms with van der Waals surface area (Å²) in [5, 5.41) is 0. The molecule has 0 aliphatic carbocycles. The Balaban J connectivity index is 2.39. The summed E-state index contributed by atoms with van der Waals surface area (Å²) in [5.41, 5.74) is 1.52. The van der Waals surface area contributed by atoms with E-state index in [1.54, 1.807) is 0 Å². The van der Waals surface area contributed by atoms with Crippen LogP contribution in [0.5, 0.6) is 0 Å². The van der Waals surface area contributed by atoms with Crippen LogP contribution in [0.4, 0.5) is 0 Å². The predicted octanol–water partition coefficient (Wildman–Crippen LogP) is 0.948. The zero-order valence-electron chi connectivity index (χ0n) is 7.38. The highest BCUT2D eigenvalue weighted by Gasteiger charge is 1.95. The lowest BCUT2D eigenvalue weighted by Crippen LogP contribution is -2.07. The van der Waals surface area contributed by atoms with Crippen molar-refractivity contribution in [1.82, 2.24) is 0 Å². The van der Waals surface area contributed by atoms with Gasteiger partial charge in [-0.2, -0.15) is 0 Å². The Morgan fingerprint density at radius 2 is 1.91 bits per heavy atom. The topological polar surface area (TPSA) is 0 Å². The average Bonchev–Trinajstić information content (AvgIpc) is 2.03. The molecule has 0 nitrogen and oxygen atoms in total. The quantitative estimate of drug-likeness (QED) is 0.608. The summed E-state index contributed by atoms with van der Waals surface area (Å²) in [5.74, 6) is 0. The number of benzene rings is 1. The molecule has 1 aromatic carbocycles. The second-order valence-corrected chi connectivity index (χ2v) is 12.7. The Labute approximate surface area is 73.5 Å². The molecule has 1 aromatic rings. The fourth-order valence-corrected chi connectivity index (χ4v) is 2.88. The summed E-state index contributed by atoms with van der Waals surface area (Å²) in [6.07, 6.45) is 1.32. The van der Waals surface area contributed by atoms with Crippen LogP contribution in [-0.4, -0.2) is 18.1 Å². The molecule has 0 saturated heterocycles. The predicted molar refractivity (Wildman–Crippen MR) is 57.9 cm³/mol. The number of aryl methyl sites for hydroxylation is 1. The van der Waals surface area contributed by atoms with Gasteiger partial charge in [-0.05, 0) is 21.7 Å². The van der Waals surface area contributed by atoms with Crippen LogP contribution in [0.25, 0.3) is 0 Å². The van der Waals surface area contributed by atoms with Crippen molar-refractivity contribution in [1.29, 1.82) is 0 Å². The Morgan fingerprint density at radius 3 is 2.45 bits per heavy atom. The largest absolute Gasteiger partial charge is 0.0746 e. The highest BCUT2D eigenvalue weighted by Crippen LogP contribution is 2.03. The van der Waals surface area contributed by atoms with Gasteiger partial charge in [0.2, 0.25) is 0 Å². The SMILES string of the molecule is C[SiH]([SiH3])CCc1ccccc1. The molecule has 2 heteroatoms. The van der Waals surface area contributed by atoms with E-state index in [1.807, 2.05) is 0 Å². The fraction of sp³-hybridized carbons (Fsp3) is 0.333. The standard InChI is InChI=1S/C9H16Si2/c1-11(10)8-7-9-5-3-2-4-6-9/h2-6,11H,7-8H2,1,10H3. The van der Waals surface area contributed by atoms with E-state index in [4.69, 9.17) is 0 Å². The molecule has 11 heavy (non-hydrogen) atoms. The minimum Gasteiger partial charge on any atom is -0.0746 e. The van der Waals surface area contributed by atoms with Gasteiger partial charge in [-0.25, -0.2) is 0 Å². The van der Waals surface area contributed by atoms with Crippen molar-refractivity contribution in [3.05, 3.63) is 35.9 Å². The third-order valence-electron chi connectivity index (χ3n) is 1.85. The van der Waals surface area contributed by atoms with E-state index in [2.05, 4.69) is 36.9 Å². The van der Waals surface area contributed by atoms with E-state index in [1.165, 1.54) is 27.8 Å². The van der Waals surface area contributed by atoms with Gasteiger partial charge in [-0.3, -0.25) is 0 Å². The van der Waals surface area contributed by atoms with Gasteiger partial charge >= 0.3 is 0 Å². The minimum atomic E-state index is -0.201. The first-order chi connectivity index (χ1) is 5.29. The molecule has 0 spiro atoms. The van der Waals surface area contributed by atoms with E-state index >= 15 is 0 Å². The van der Waals surface area contributed by atoms with Crippen LogP contribution in [0.3, 0.4) is 0 Å². The Hall–Kier alpha value is -0.346. The van der Waals surface area contributed by atoms with E-state index in [-0.39, 0.29) is 8.31 Å². The molecule has 60 valence electrons. The summed E-state index contributed by atoms with van der Waals surface area (Å²) in [4.78, 5) is 0. The van der Waals surface area contributed by atoms with Crippen LogP contribution in [0.2, 0.25) is 12.6 Å². The van der Waals surface area contributed by atoms with E-state index in [0.29, 0.717) is 0 Å². The van der Waals surface area contributed by atoms with Gasteiger partial charge in [-0.15, -0.1) is 0 Å². The molecule has 1 unspecified atom stereocenters. The molecule has 0 aromatic heterocycles. The normalized spacial score (nSPS) is 13.2. The van der Waals surface area contributed by atoms with Crippen molar-refractivity contribution in [3.8, 4) is 0 Å². The van der Waals surface area contributed by atoms with Crippen molar-refractivity contribution in [3.63, 3.8) is 0 Å². The molecule has 0 amide bonds. The Bertz CT molecular complexity index is 194. The first-order valence-electron chi connectivity index (χ1n) is 4.33. The number of hydrogen-bond acceptors (Lipinski definition) is 0. The molecular weight excluding hydrogens is 164 g/mol. The zero-order chi connectivity index (χ0) is 8.10. The molecular formula is C9H16Si2. The molecule has 0 heterocycles. The molecule has 0 bridgehead atoms. The molecule has 0 radical (unpaired) electrons. The maximum Gasteiger partial charge on any atom is 0.0175 e. The third-order valence-corrected chi connectivity index (χ3v) is 5.03. The summed E-state index contributed by atoms with van der Waals surface area (Å²) < 4.78 is 0. The lowest BCUT2D eigenvalue weighted by atomic mass is 10.2. The Morgan fingerprint density at radius 1 is 1.27 bits per heavy atom. The van der Waals surface area contributed by atoms with Crippen molar-refractivity contribution in [2.24, 2.45) is 0 Å². The van der Waals surface area contributed by atoms with Crippen molar-refractivity contribution < 1.29 is 0 Å². The van der Waals surface area contributed by atoms with Crippen LogP contribution in [-0.2, 0) is 6.42 Å². The van der Waals surface area contributed by atoms with E-state index in [9.17, 15) is 0 Å². The molecule has 0 N–H and O–H groups in total. The van der Waals surface area contributed by atoms with E-state index in [0.717, 1.165) is 0 Å². The molecule has 1 atom stereocenters. The van der Waals surface area contributed by atoms with Crippen LogP contribution in [0, 0.1) is 0 Å². The van der Waals surface area contributed by atoms with Crippen molar-refractivity contribution >= 4 is 18.1 Å². The van der Waals surface area contributed by atoms with Crippen molar-refractivity contribution in [2.75, 3.05) is 0 Å². The van der Waals surface area contributed by atoms with Crippen LogP contribution >= 0.6 is 0 Å². The van der Waals surface area contributed by atoms with Crippen LogP contribution in [0.15, 0.2) is 30.3 Å². The average molecular weight is 180 g/mol. The van der Waals surface area contributed by atoms with Crippen LogP contribution < -0.4 is 0 Å². The van der Waals surface area contributed by atoms with Gasteiger partial charge in [0, 0.05) is 8.31 Å². The highest BCUT2D eigenvalue weighted by atomic mass is 29.1.